The van der Waals surface area contributed by atoms with Gasteiger partial charge in [-0.3, -0.25) is 9.69 Å². The Labute approximate surface area is 228 Å². The van der Waals surface area contributed by atoms with Crippen LogP contribution in [0.5, 0.6) is 11.5 Å². The molecule has 3 aliphatic heterocycles. The lowest BCUT2D eigenvalue weighted by Crippen LogP contribution is -2.49. The fourth-order valence-corrected chi connectivity index (χ4v) is 6.78. The number of hydrogen-bond donors (Lipinski definition) is 3. The second-order valence-electron chi connectivity index (χ2n) is 11.9. The molecule has 1 spiro atoms. The van der Waals surface area contributed by atoms with E-state index in [0.717, 1.165) is 43.5 Å². The van der Waals surface area contributed by atoms with Crippen molar-refractivity contribution in [1.29, 1.82) is 0 Å². The van der Waals surface area contributed by atoms with Gasteiger partial charge in [0.1, 0.15) is 12.4 Å². The van der Waals surface area contributed by atoms with E-state index in [9.17, 15) is 24.9 Å². The quantitative estimate of drug-likeness (QED) is 0.375. The van der Waals surface area contributed by atoms with Gasteiger partial charge >= 0.3 is 5.97 Å². The van der Waals surface area contributed by atoms with Gasteiger partial charge in [-0.25, -0.2) is 4.79 Å². The zero-order valence-corrected chi connectivity index (χ0v) is 22.9. The molecule has 4 aliphatic rings. The number of rotatable bonds is 10. The molecule has 214 valence electrons. The number of aliphatic hydroxyl groups excluding tert-OH is 1. The van der Waals surface area contributed by atoms with Gasteiger partial charge in [0.2, 0.25) is 6.79 Å². The van der Waals surface area contributed by atoms with Crippen molar-refractivity contribution in [3.05, 3.63) is 35.1 Å². The summed E-state index contributed by atoms with van der Waals surface area (Å²) in [6.45, 7) is 4.35. The number of carbonyl (C=O) groups excluding carboxylic acids is 2. The van der Waals surface area contributed by atoms with Gasteiger partial charge in [-0.2, -0.15) is 0 Å². The molecule has 0 saturated carbocycles. The predicted octanol–water partition coefficient (Wildman–Crippen LogP) is 1.97. The summed E-state index contributed by atoms with van der Waals surface area (Å²) >= 11 is 0. The molecule has 0 radical (unpaired) electrons. The molecule has 3 N–H and O–H groups in total. The molecule has 0 amide bonds. The van der Waals surface area contributed by atoms with Crippen molar-refractivity contribution >= 4 is 11.8 Å². The van der Waals surface area contributed by atoms with Gasteiger partial charge in [0.25, 0.3) is 0 Å². The Morgan fingerprint density at radius 2 is 1.90 bits per heavy atom. The molecule has 1 aromatic rings. The maximum atomic E-state index is 13.7. The topological polar surface area (TPSA) is 135 Å². The highest BCUT2D eigenvalue weighted by atomic mass is 16.7. The molecule has 0 unspecified atom stereocenters. The third-order valence-corrected chi connectivity index (χ3v) is 8.62. The van der Waals surface area contributed by atoms with E-state index in [0.29, 0.717) is 23.7 Å². The van der Waals surface area contributed by atoms with Gasteiger partial charge in [-0.1, -0.05) is 0 Å². The smallest absolute Gasteiger partial charge is 0.339 e. The molecule has 1 saturated heterocycles. The Bertz CT molecular complexity index is 1160. The average Bonchev–Trinajstić information content (AvgIpc) is 3.56. The van der Waals surface area contributed by atoms with Crippen LogP contribution in [-0.2, 0) is 25.5 Å². The zero-order chi connectivity index (χ0) is 28.0. The third-order valence-electron chi connectivity index (χ3n) is 8.62. The van der Waals surface area contributed by atoms with Crippen molar-refractivity contribution in [3.63, 3.8) is 0 Å². The molecule has 10 nitrogen and oxygen atoms in total. The van der Waals surface area contributed by atoms with Crippen LogP contribution in [0.4, 0.5) is 0 Å². The Morgan fingerprint density at radius 1 is 1.15 bits per heavy atom. The number of hydrogen-bond acceptors (Lipinski definition) is 10. The molecule has 4 atom stereocenters. The average molecular weight is 546 g/mol. The first-order valence-electron chi connectivity index (χ1n) is 13.7. The summed E-state index contributed by atoms with van der Waals surface area (Å²) in [6, 6.07) is 3.98. The van der Waals surface area contributed by atoms with Gasteiger partial charge < -0.3 is 34.3 Å². The number of esters is 1. The molecular formula is C29H39NO9. The van der Waals surface area contributed by atoms with Crippen LogP contribution >= 0.6 is 0 Å². The number of Topliss-reactive ketones (excluding diaryl/α,β-unsaturated/α-hetero) is 1. The number of benzene rings is 1. The van der Waals surface area contributed by atoms with E-state index in [2.05, 4.69) is 11.0 Å². The number of ketones is 1. The standard InChI is InChI=1S/C29H39NO9/c1-27(2,34)7-4-9-29(35,14-19(32)16-31)26(33)39-25-23(36-3)15-28-8-5-10-30(28)11-6-18-12-21-22(38-17-37-21)13-20(18)24(25)28/h12-13,15,24-25,31,34-35H,4-11,14,16-17H2,1-3H3/t24-,25-,28+,29-/m1/s1. The minimum atomic E-state index is -2.16. The van der Waals surface area contributed by atoms with Gasteiger partial charge in [0.05, 0.1) is 24.2 Å². The summed E-state index contributed by atoms with van der Waals surface area (Å²) in [5.74, 6) is -0.0973. The first-order chi connectivity index (χ1) is 18.5. The minimum Gasteiger partial charge on any atom is -0.497 e. The van der Waals surface area contributed by atoms with Crippen LogP contribution in [-0.4, -0.2) is 88.4 Å². The summed E-state index contributed by atoms with van der Waals surface area (Å²) in [4.78, 5) is 28.4. The molecule has 0 bridgehead atoms. The van der Waals surface area contributed by atoms with Crippen molar-refractivity contribution in [2.45, 2.75) is 87.6 Å². The lowest BCUT2D eigenvalue weighted by Gasteiger charge is -2.39. The number of methoxy groups -OCH3 is 1. The highest BCUT2D eigenvalue weighted by Gasteiger charge is 2.59. The highest BCUT2D eigenvalue weighted by Crippen LogP contribution is 2.55. The Balaban J connectivity index is 1.50. The fraction of sp³-hybridized carbons (Fsp3) is 0.655. The maximum absolute atomic E-state index is 13.7. The molecule has 1 fully saturated rings. The molecule has 39 heavy (non-hydrogen) atoms. The number of fused-ring (bicyclic) bond motifs is 3. The molecule has 0 aromatic heterocycles. The Hall–Kier alpha value is -2.66. The van der Waals surface area contributed by atoms with Crippen LogP contribution in [0.1, 0.15) is 69.4 Å². The molecule has 5 rings (SSSR count). The van der Waals surface area contributed by atoms with Crippen LogP contribution < -0.4 is 9.47 Å². The van der Waals surface area contributed by atoms with Gasteiger partial charge in [-0.15, -0.1) is 0 Å². The van der Waals surface area contributed by atoms with Gasteiger partial charge in [0, 0.05) is 13.0 Å². The van der Waals surface area contributed by atoms with E-state index in [1.165, 1.54) is 0 Å². The Kier molecular flexibility index (Phi) is 7.43. The first-order valence-corrected chi connectivity index (χ1v) is 13.7. The Morgan fingerprint density at radius 3 is 2.59 bits per heavy atom. The van der Waals surface area contributed by atoms with Crippen molar-refractivity contribution < 1.29 is 43.9 Å². The molecule has 1 aliphatic carbocycles. The van der Waals surface area contributed by atoms with Crippen LogP contribution in [0.25, 0.3) is 0 Å². The van der Waals surface area contributed by atoms with Gasteiger partial charge in [-0.05, 0) is 88.3 Å². The van der Waals surface area contributed by atoms with Gasteiger partial charge in [0.15, 0.2) is 29.0 Å². The fourth-order valence-electron chi connectivity index (χ4n) is 6.78. The zero-order valence-electron chi connectivity index (χ0n) is 22.9. The van der Waals surface area contributed by atoms with E-state index in [1.54, 1.807) is 21.0 Å². The second-order valence-corrected chi connectivity index (χ2v) is 11.9. The molecule has 10 heteroatoms. The molecule has 1 aromatic carbocycles. The summed E-state index contributed by atoms with van der Waals surface area (Å²) in [5.41, 5.74) is -1.52. The number of nitrogens with zero attached hydrogens (tertiary/aromatic N) is 1. The van der Waals surface area contributed by atoms with Crippen molar-refractivity contribution in [2.75, 3.05) is 33.6 Å². The van der Waals surface area contributed by atoms with Crippen molar-refractivity contribution in [1.82, 2.24) is 4.90 Å². The van der Waals surface area contributed by atoms with Crippen LogP contribution in [0.15, 0.2) is 24.0 Å². The summed E-state index contributed by atoms with van der Waals surface area (Å²) in [7, 11) is 1.54. The second kappa shape index (κ2) is 10.4. The SMILES string of the molecule is COC1=C[C@]23CCCN2CCc2cc4c(cc2[C@@H]3[C@@H]1OC(=O)[C@@](O)(CCCC(C)(C)O)CC(=O)CO)OCO4. The largest absolute Gasteiger partial charge is 0.497 e. The predicted molar refractivity (Wildman–Crippen MR) is 139 cm³/mol. The summed E-state index contributed by atoms with van der Waals surface area (Å²) in [5, 5.41) is 31.0. The van der Waals surface area contributed by atoms with E-state index in [-0.39, 0.29) is 25.6 Å². The van der Waals surface area contributed by atoms with Crippen LogP contribution in [0.3, 0.4) is 0 Å². The monoisotopic (exact) mass is 545 g/mol. The van der Waals surface area contributed by atoms with Crippen molar-refractivity contribution in [3.8, 4) is 11.5 Å². The highest BCUT2D eigenvalue weighted by molar-refractivity contribution is 5.89. The van der Waals surface area contributed by atoms with Crippen molar-refractivity contribution in [2.24, 2.45) is 0 Å². The van der Waals surface area contributed by atoms with E-state index in [1.807, 2.05) is 12.1 Å². The summed E-state index contributed by atoms with van der Waals surface area (Å²) < 4.78 is 23.3. The number of aliphatic hydroxyl groups is 3. The molecular weight excluding hydrogens is 506 g/mol. The first kappa shape index (κ1) is 27.9. The van der Waals surface area contributed by atoms with E-state index < -0.39 is 47.6 Å². The normalized spacial score (nSPS) is 27.1. The third kappa shape index (κ3) is 5.15. The molecule has 3 heterocycles. The lowest BCUT2D eigenvalue weighted by molar-refractivity contribution is -0.175. The summed E-state index contributed by atoms with van der Waals surface area (Å²) in [6.07, 6.45) is 3.76. The maximum Gasteiger partial charge on any atom is 0.339 e. The van der Waals surface area contributed by atoms with E-state index >= 15 is 0 Å². The minimum absolute atomic E-state index is 0.0997. The van der Waals surface area contributed by atoms with Crippen LogP contribution in [0.2, 0.25) is 0 Å². The van der Waals surface area contributed by atoms with E-state index in [4.69, 9.17) is 18.9 Å². The lowest BCUT2D eigenvalue weighted by atomic mass is 9.77. The number of ether oxygens (including phenoxy) is 4. The number of carbonyl (C=O) groups is 2. The van der Waals surface area contributed by atoms with Crippen LogP contribution in [0, 0.1) is 0 Å².